The molecule has 0 unspecified atom stereocenters. The van der Waals surface area contributed by atoms with E-state index in [0.717, 1.165) is 0 Å². The van der Waals surface area contributed by atoms with Crippen LogP contribution in [0.2, 0.25) is 0 Å². The first kappa shape index (κ1) is 17.5. The highest BCUT2D eigenvalue weighted by atomic mass is 19.4. The molecular formula is C15H15F3N4O2. The Morgan fingerprint density at radius 2 is 1.92 bits per heavy atom. The maximum absolute atomic E-state index is 12.6. The number of anilines is 1. The molecule has 0 saturated carbocycles. The fraction of sp³-hybridized carbons (Fsp3) is 0.267. The van der Waals surface area contributed by atoms with Crippen LogP contribution < -0.4 is 5.43 Å². The van der Waals surface area contributed by atoms with E-state index in [1.54, 1.807) is 19.9 Å². The molecule has 0 fully saturated rings. The number of nitro benzene ring substituents is 1. The van der Waals surface area contributed by atoms with E-state index in [1.165, 1.54) is 35.0 Å². The van der Waals surface area contributed by atoms with Crippen molar-refractivity contribution >= 4 is 17.6 Å². The molecule has 0 saturated heterocycles. The molecule has 1 aromatic carbocycles. The largest absolute Gasteiger partial charge is 0.406 e. The summed E-state index contributed by atoms with van der Waals surface area (Å²) in [4.78, 5) is 10.0. The van der Waals surface area contributed by atoms with Crippen molar-refractivity contribution in [3.05, 3.63) is 57.4 Å². The van der Waals surface area contributed by atoms with Gasteiger partial charge in [-0.2, -0.15) is 18.3 Å². The Labute approximate surface area is 135 Å². The minimum atomic E-state index is -4.29. The lowest BCUT2D eigenvalue weighted by molar-refractivity contribution is -0.384. The van der Waals surface area contributed by atoms with E-state index in [2.05, 4.69) is 10.5 Å². The standard InChI is InChI=1S/C15H15F3N4O2/c1-10-7-12(11(2)21(10)9-15(16,17)18)8-19-20-13-3-5-14(6-4-13)22(23)24/h3-8,20H,9H2,1-2H3. The summed E-state index contributed by atoms with van der Waals surface area (Å²) in [6.45, 7) is 2.14. The van der Waals surface area contributed by atoms with Gasteiger partial charge in [0.2, 0.25) is 0 Å². The van der Waals surface area contributed by atoms with Gasteiger partial charge < -0.3 is 4.57 Å². The average Bonchev–Trinajstić information content (AvgIpc) is 2.74. The molecular weight excluding hydrogens is 325 g/mol. The average molecular weight is 340 g/mol. The van der Waals surface area contributed by atoms with Crippen LogP contribution in [0.15, 0.2) is 35.4 Å². The number of hydrogen-bond acceptors (Lipinski definition) is 4. The zero-order valence-electron chi connectivity index (χ0n) is 13.0. The summed E-state index contributed by atoms with van der Waals surface area (Å²) in [5.41, 5.74) is 4.67. The first-order chi connectivity index (χ1) is 11.2. The lowest BCUT2D eigenvalue weighted by atomic mass is 10.3. The van der Waals surface area contributed by atoms with Gasteiger partial charge >= 0.3 is 6.18 Å². The minimum Gasteiger partial charge on any atom is -0.339 e. The SMILES string of the molecule is Cc1cc(C=NNc2ccc([N+](=O)[O-])cc2)c(C)n1CC(F)(F)F. The van der Waals surface area contributed by atoms with E-state index in [1.807, 2.05) is 0 Å². The number of aryl methyl sites for hydroxylation is 1. The first-order valence-electron chi connectivity index (χ1n) is 6.94. The summed E-state index contributed by atoms with van der Waals surface area (Å²) < 4.78 is 38.8. The Morgan fingerprint density at radius 3 is 2.46 bits per heavy atom. The van der Waals surface area contributed by atoms with Crippen LogP contribution in [0.4, 0.5) is 24.5 Å². The minimum absolute atomic E-state index is 0.0415. The van der Waals surface area contributed by atoms with Crippen molar-refractivity contribution in [1.82, 2.24) is 4.57 Å². The quantitative estimate of drug-likeness (QED) is 0.507. The molecule has 0 aliphatic rings. The van der Waals surface area contributed by atoms with Gasteiger partial charge in [0.05, 0.1) is 16.8 Å². The smallest absolute Gasteiger partial charge is 0.339 e. The number of halogens is 3. The number of nitrogens with one attached hydrogen (secondary N) is 1. The van der Waals surface area contributed by atoms with Gasteiger partial charge in [-0.15, -0.1) is 0 Å². The molecule has 1 heterocycles. The summed E-state index contributed by atoms with van der Waals surface area (Å²) in [5.74, 6) is 0. The lowest BCUT2D eigenvalue weighted by Crippen LogP contribution is -2.19. The number of rotatable bonds is 5. The number of benzene rings is 1. The second kappa shape index (κ2) is 6.73. The zero-order valence-corrected chi connectivity index (χ0v) is 13.0. The number of hydrogen-bond donors (Lipinski definition) is 1. The van der Waals surface area contributed by atoms with Gasteiger partial charge in [0.25, 0.3) is 5.69 Å². The highest BCUT2D eigenvalue weighted by Crippen LogP contribution is 2.22. The molecule has 0 amide bonds. The van der Waals surface area contributed by atoms with Crippen molar-refractivity contribution in [2.24, 2.45) is 5.10 Å². The Balaban J connectivity index is 2.09. The maximum atomic E-state index is 12.6. The number of nitrogens with zero attached hydrogens (tertiary/aromatic N) is 3. The summed E-state index contributed by atoms with van der Waals surface area (Å²) in [6.07, 6.45) is -2.88. The van der Waals surface area contributed by atoms with Crippen molar-refractivity contribution in [2.45, 2.75) is 26.6 Å². The maximum Gasteiger partial charge on any atom is 0.406 e. The Bertz CT molecular complexity index is 764. The zero-order chi connectivity index (χ0) is 17.9. The van der Waals surface area contributed by atoms with Crippen molar-refractivity contribution < 1.29 is 18.1 Å². The summed E-state index contributed by atoms with van der Waals surface area (Å²) in [5, 5.41) is 14.5. The summed E-state index contributed by atoms with van der Waals surface area (Å²) in [6, 6.07) is 7.24. The van der Waals surface area contributed by atoms with E-state index in [4.69, 9.17) is 0 Å². The predicted molar refractivity (Wildman–Crippen MR) is 84.3 cm³/mol. The van der Waals surface area contributed by atoms with Gasteiger partial charge in [-0.1, -0.05) is 0 Å². The van der Waals surface area contributed by atoms with Crippen LogP contribution in [0.1, 0.15) is 17.0 Å². The fourth-order valence-corrected chi connectivity index (χ4v) is 2.22. The molecule has 0 spiro atoms. The lowest BCUT2D eigenvalue weighted by Gasteiger charge is -2.12. The summed E-state index contributed by atoms with van der Waals surface area (Å²) in [7, 11) is 0. The number of alkyl halides is 3. The fourth-order valence-electron chi connectivity index (χ4n) is 2.22. The molecule has 0 bridgehead atoms. The molecule has 9 heteroatoms. The van der Waals surface area contributed by atoms with Crippen molar-refractivity contribution in [2.75, 3.05) is 5.43 Å². The molecule has 2 aromatic rings. The Kier molecular flexibility index (Phi) is 4.91. The molecule has 1 aromatic heterocycles. The van der Waals surface area contributed by atoms with Crippen molar-refractivity contribution in [1.29, 1.82) is 0 Å². The molecule has 0 radical (unpaired) electrons. The van der Waals surface area contributed by atoms with Crippen LogP contribution >= 0.6 is 0 Å². The van der Waals surface area contributed by atoms with Crippen LogP contribution in [0.5, 0.6) is 0 Å². The molecule has 6 nitrogen and oxygen atoms in total. The number of non-ortho nitro benzene ring substituents is 1. The normalized spacial score (nSPS) is 11.9. The Hall–Kier alpha value is -2.84. The van der Waals surface area contributed by atoms with Gasteiger partial charge in [0, 0.05) is 29.1 Å². The van der Waals surface area contributed by atoms with Crippen molar-refractivity contribution in [3.63, 3.8) is 0 Å². The third-order valence-electron chi connectivity index (χ3n) is 3.43. The third kappa shape index (κ3) is 4.34. The summed E-state index contributed by atoms with van der Waals surface area (Å²) >= 11 is 0. The molecule has 0 aliphatic heterocycles. The van der Waals surface area contributed by atoms with Gasteiger partial charge in [0.15, 0.2) is 0 Å². The van der Waals surface area contributed by atoms with Crippen LogP contribution in [-0.2, 0) is 6.54 Å². The molecule has 0 aliphatic carbocycles. The Morgan fingerprint density at radius 1 is 1.29 bits per heavy atom. The van der Waals surface area contributed by atoms with E-state index in [9.17, 15) is 23.3 Å². The molecule has 1 N–H and O–H groups in total. The van der Waals surface area contributed by atoms with E-state index < -0.39 is 17.6 Å². The number of nitro groups is 1. The molecule has 0 atom stereocenters. The first-order valence-corrected chi connectivity index (χ1v) is 6.94. The van der Waals surface area contributed by atoms with Crippen LogP contribution in [0, 0.1) is 24.0 Å². The third-order valence-corrected chi connectivity index (χ3v) is 3.43. The van der Waals surface area contributed by atoms with Gasteiger partial charge in [-0.25, -0.2) is 0 Å². The van der Waals surface area contributed by atoms with Crippen LogP contribution in [0.3, 0.4) is 0 Å². The molecule has 2 rings (SSSR count). The number of aromatic nitrogens is 1. The van der Waals surface area contributed by atoms with E-state index >= 15 is 0 Å². The van der Waals surface area contributed by atoms with Gasteiger partial charge in [-0.3, -0.25) is 15.5 Å². The highest BCUT2D eigenvalue weighted by Gasteiger charge is 2.29. The highest BCUT2D eigenvalue weighted by molar-refractivity contribution is 5.82. The van der Waals surface area contributed by atoms with E-state index in [0.29, 0.717) is 22.6 Å². The molecule has 128 valence electrons. The topological polar surface area (TPSA) is 72.5 Å². The van der Waals surface area contributed by atoms with E-state index in [-0.39, 0.29) is 5.69 Å². The van der Waals surface area contributed by atoms with Gasteiger partial charge in [-0.05, 0) is 32.0 Å². The van der Waals surface area contributed by atoms with Crippen molar-refractivity contribution in [3.8, 4) is 0 Å². The molecule has 24 heavy (non-hydrogen) atoms. The monoisotopic (exact) mass is 340 g/mol. The second-order valence-corrected chi connectivity index (χ2v) is 5.20. The van der Waals surface area contributed by atoms with Crippen LogP contribution in [0.25, 0.3) is 0 Å². The van der Waals surface area contributed by atoms with Gasteiger partial charge in [0.1, 0.15) is 6.54 Å². The predicted octanol–water partition coefficient (Wildman–Crippen LogP) is 4.02. The van der Waals surface area contributed by atoms with Crippen LogP contribution in [-0.4, -0.2) is 21.9 Å². The number of hydrazone groups is 1. The second-order valence-electron chi connectivity index (χ2n) is 5.20.